The monoisotopic (exact) mass is 526 g/mol. The van der Waals surface area contributed by atoms with Gasteiger partial charge in [-0.25, -0.2) is 0 Å². The van der Waals surface area contributed by atoms with Crippen LogP contribution >= 0.6 is 0 Å². The predicted octanol–water partition coefficient (Wildman–Crippen LogP) is 9.40. The second-order valence-corrected chi connectivity index (χ2v) is 11.6. The maximum Gasteiger partial charge on any atom is 0.220 e. The minimum Gasteiger partial charge on any atom is -0.394 e. The highest BCUT2D eigenvalue weighted by Gasteiger charge is 2.19. The number of aliphatic hydroxyl groups is 2. The fraction of sp³-hybridized carbons (Fsp3) is 0.970. The van der Waals surface area contributed by atoms with E-state index in [0.717, 1.165) is 25.7 Å². The molecule has 0 aromatic rings. The molecule has 0 aromatic carbocycles. The molecule has 0 spiro atoms. The maximum absolute atomic E-state index is 11.8. The van der Waals surface area contributed by atoms with Gasteiger partial charge in [0.25, 0.3) is 0 Å². The summed E-state index contributed by atoms with van der Waals surface area (Å²) in [5.74, 6) is -0.0655. The van der Waals surface area contributed by atoms with Gasteiger partial charge in [0.15, 0.2) is 0 Å². The number of carbonyl (C=O) groups is 1. The molecule has 0 saturated heterocycles. The molecule has 0 heterocycles. The number of hydrogen-bond acceptors (Lipinski definition) is 3. The van der Waals surface area contributed by atoms with Crippen molar-refractivity contribution >= 4 is 5.91 Å². The molecule has 0 saturated carbocycles. The zero-order valence-corrected chi connectivity index (χ0v) is 25.3. The molecule has 0 aromatic heterocycles. The molecule has 0 aliphatic heterocycles. The lowest BCUT2D eigenvalue weighted by Crippen LogP contribution is -2.45. The van der Waals surface area contributed by atoms with E-state index in [1.54, 1.807) is 0 Å². The number of aliphatic hydroxyl groups excluding tert-OH is 2. The van der Waals surface area contributed by atoms with Gasteiger partial charge < -0.3 is 15.5 Å². The normalized spacial score (nSPS) is 13.1. The summed E-state index contributed by atoms with van der Waals surface area (Å²) in [5.41, 5.74) is 0. The zero-order valence-electron chi connectivity index (χ0n) is 25.3. The van der Waals surface area contributed by atoms with E-state index in [4.69, 9.17) is 0 Å². The van der Waals surface area contributed by atoms with Gasteiger partial charge in [0.05, 0.1) is 18.8 Å². The van der Waals surface area contributed by atoms with Crippen LogP contribution in [0, 0.1) is 0 Å². The van der Waals surface area contributed by atoms with Gasteiger partial charge in [-0.1, -0.05) is 168 Å². The van der Waals surface area contributed by atoms with Crippen molar-refractivity contribution in [1.82, 2.24) is 5.32 Å². The molecule has 2 unspecified atom stereocenters. The average molecular weight is 526 g/mol. The summed E-state index contributed by atoms with van der Waals surface area (Å²) in [4.78, 5) is 11.8. The van der Waals surface area contributed by atoms with Crippen LogP contribution in [0.5, 0.6) is 0 Å². The standard InChI is InChI=1S/C33H67NO3/c1-3-5-7-8-9-10-11-12-13-14-15-16-17-18-19-20-21-22-23-24-25-26-27-28-32(36)31(30-35)34-33(37)29-6-4-2/h31-32,35-36H,3-30H2,1-2H3,(H,34,37). The second kappa shape index (κ2) is 29.9. The van der Waals surface area contributed by atoms with E-state index < -0.39 is 12.1 Å². The summed E-state index contributed by atoms with van der Waals surface area (Å²) >= 11 is 0. The average Bonchev–Trinajstić information content (AvgIpc) is 2.90. The van der Waals surface area contributed by atoms with Gasteiger partial charge in [-0.2, -0.15) is 0 Å². The van der Waals surface area contributed by atoms with Crippen molar-refractivity contribution in [3.05, 3.63) is 0 Å². The van der Waals surface area contributed by atoms with Crippen LogP contribution in [0.4, 0.5) is 0 Å². The molecule has 3 N–H and O–H groups in total. The Kier molecular flexibility index (Phi) is 29.4. The minimum atomic E-state index is -0.648. The van der Waals surface area contributed by atoms with E-state index in [2.05, 4.69) is 12.2 Å². The third-order valence-corrected chi connectivity index (χ3v) is 7.87. The van der Waals surface area contributed by atoms with Crippen molar-refractivity contribution < 1.29 is 15.0 Å². The Bertz CT molecular complexity index is 457. The molecule has 0 aliphatic carbocycles. The Labute approximate surface area is 232 Å². The Hall–Kier alpha value is -0.610. The summed E-state index contributed by atoms with van der Waals surface area (Å²) in [6, 6.07) is -0.524. The molecular formula is C33H67NO3. The van der Waals surface area contributed by atoms with E-state index in [9.17, 15) is 15.0 Å². The highest BCUT2D eigenvalue weighted by atomic mass is 16.3. The van der Waals surface area contributed by atoms with Crippen LogP contribution in [0.3, 0.4) is 0 Å². The second-order valence-electron chi connectivity index (χ2n) is 11.6. The number of rotatable bonds is 30. The van der Waals surface area contributed by atoms with Gasteiger partial charge in [-0.05, 0) is 12.8 Å². The van der Waals surface area contributed by atoms with Gasteiger partial charge in [0.2, 0.25) is 5.91 Å². The Morgan fingerprint density at radius 3 is 1.19 bits per heavy atom. The lowest BCUT2D eigenvalue weighted by atomic mass is 10.0. The first-order valence-electron chi connectivity index (χ1n) is 16.7. The number of hydrogen-bond donors (Lipinski definition) is 3. The van der Waals surface area contributed by atoms with Crippen LogP contribution in [0.25, 0.3) is 0 Å². The van der Waals surface area contributed by atoms with E-state index in [0.29, 0.717) is 12.8 Å². The van der Waals surface area contributed by atoms with Crippen LogP contribution in [-0.4, -0.2) is 34.9 Å². The Balaban J connectivity index is 3.30. The van der Waals surface area contributed by atoms with E-state index in [-0.39, 0.29) is 12.5 Å². The first kappa shape index (κ1) is 36.4. The lowest BCUT2D eigenvalue weighted by molar-refractivity contribution is -0.123. The lowest BCUT2D eigenvalue weighted by Gasteiger charge is -2.22. The SMILES string of the molecule is CCCCCCCCCCCCCCCCCCCCCCCCCC(O)C(CO)NC(=O)CCCC. The number of carbonyl (C=O) groups excluding carboxylic acids is 1. The first-order valence-corrected chi connectivity index (χ1v) is 16.7. The largest absolute Gasteiger partial charge is 0.394 e. The van der Waals surface area contributed by atoms with E-state index in [1.165, 1.54) is 135 Å². The van der Waals surface area contributed by atoms with Crippen LogP contribution in [0.15, 0.2) is 0 Å². The van der Waals surface area contributed by atoms with Crippen molar-refractivity contribution in [1.29, 1.82) is 0 Å². The van der Waals surface area contributed by atoms with Crippen LogP contribution < -0.4 is 5.32 Å². The number of unbranched alkanes of at least 4 members (excludes halogenated alkanes) is 23. The molecule has 2 atom stereocenters. The molecule has 0 radical (unpaired) electrons. The molecular weight excluding hydrogens is 458 g/mol. The highest BCUT2D eigenvalue weighted by Crippen LogP contribution is 2.16. The van der Waals surface area contributed by atoms with Gasteiger partial charge in [0, 0.05) is 6.42 Å². The smallest absolute Gasteiger partial charge is 0.220 e. The first-order chi connectivity index (χ1) is 18.2. The quantitative estimate of drug-likeness (QED) is 0.0818. The van der Waals surface area contributed by atoms with Gasteiger partial charge in [-0.15, -0.1) is 0 Å². The molecule has 4 heteroatoms. The number of amides is 1. The summed E-state index contributed by atoms with van der Waals surface area (Å²) in [6.07, 6.45) is 33.9. The summed E-state index contributed by atoms with van der Waals surface area (Å²) in [7, 11) is 0. The molecule has 1 amide bonds. The van der Waals surface area contributed by atoms with Crippen LogP contribution in [0.1, 0.15) is 187 Å². The van der Waals surface area contributed by atoms with Crippen LogP contribution in [-0.2, 0) is 4.79 Å². The fourth-order valence-corrected chi connectivity index (χ4v) is 5.22. The molecule has 37 heavy (non-hydrogen) atoms. The molecule has 0 rings (SSSR count). The summed E-state index contributed by atoms with van der Waals surface area (Å²) in [6.45, 7) is 4.14. The molecule has 0 bridgehead atoms. The molecule has 222 valence electrons. The topological polar surface area (TPSA) is 69.6 Å². The summed E-state index contributed by atoms with van der Waals surface area (Å²) < 4.78 is 0. The van der Waals surface area contributed by atoms with Gasteiger partial charge in [0.1, 0.15) is 0 Å². The van der Waals surface area contributed by atoms with Crippen molar-refractivity contribution in [3.63, 3.8) is 0 Å². The predicted molar refractivity (Wildman–Crippen MR) is 161 cm³/mol. The molecule has 0 fully saturated rings. The third kappa shape index (κ3) is 26.8. The van der Waals surface area contributed by atoms with Crippen molar-refractivity contribution in [2.24, 2.45) is 0 Å². The van der Waals surface area contributed by atoms with Gasteiger partial charge in [-0.3, -0.25) is 4.79 Å². The molecule has 0 aliphatic rings. The van der Waals surface area contributed by atoms with Crippen molar-refractivity contribution in [2.45, 2.75) is 199 Å². The van der Waals surface area contributed by atoms with Crippen molar-refractivity contribution in [2.75, 3.05) is 6.61 Å². The zero-order chi connectivity index (χ0) is 27.2. The minimum absolute atomic E-state index is 0.0655. The summed E-state index contributed by atoms with van der Waals surface area (Å²) in [5, 5.41) is 22.5. The Morgan fingerprint density at radius 1 is 0.541 bits per heavy atom. The highest BCUT2D eigenvalue weighted by molar-refractivity contribution is 5.76. The molecule has 4 nitrogen and oxygen atoms in total. The van der Waals surface area contributed by atoms with E-state index >= 15 is 0 Å². The maximum atomic E-state index is 11.8. The van der Waals surface area contributed by atoms with Crippen molar-refractivity contribution in [3.8, 4) is 0 Å². The number of nitrogens with one attached hydrogen (secondary N) is 1. The Morgan fingerprint density at radius 2 is 0.865 bits per heavy atom. The van der Waals surface area contributed by atoms with E-state index in [1.807, 2.05) is 6.92 Å². The fourth-order valence-electron chi connectivity index (χ4n) is 5.22. The van der Waals surface area contributed by atoms with Crippen LogP contribution in [0.2, 0.25) is 0 Å². The third-order valence-electron chi connectivity index (χ3n) is 7.87. The van der Waals surface area contributed by atoms with Gasteiger partial charge >= 0.3 is 0 Å².